The van der Waals surface area contributed by atoms with Crippen LogP contribution >= 0.6 is 0 Å². The molecule has 0 bridgehead atoms. The van der Waals surface area contributed by atoms with Gasteiger partial charge in [0.2, 0.25) is 0 Å². The zero-order chi connectivity index (χ0) is 8.39. The van der Waals surface area contributed by atoms with Crippen molar-refractivity contribution in [2.24, 2.45) is 0 Å². The standard InChI is InChI=1S/C9H11BN2/c10-7-3-4-9(12-6-7)8-2-1-5-11-8/h3-4,6,8,11H,1-2,5H2. The van der Waals surface area contributed by atoms with Gasteiger partial charge in [-0.3, -0.25) is 4.98 Å². The molecule has 1 aromatic heterocycles. The third-order valence-electron chi connectivity index (χ3n) is 2.23. The molecular weight excluding hydrogens is 147 g/mol. The van der Waals surface area contributed by atoms with Crippen molar-refractivity contribution in [1.29, 1.82) is 0 Å². The molecule has 0 amide bonds. The summed E-state index contributed by atoms with van der Waals surface area (Å²) in [4.78, 5) is 4.27. The molecule has 1 fully saturated rings. The molecule has 60 valence electrons. The van der Waals surface area contributed by atoms with Gasteiger partial charge in [0.15, 0.2) is 0 Å². The highest BCUT2D eigenvalue weighted by molar-refractivity contribution is 6.31. The van der Waals surface area contributed by atoms with Gasteiger partial charge in [-0.25, -0.2) is 0 Å². The fourth-order valence-corrected chi connectivity index (χ4v) is 1.56. The van der Waals surface area contributed by atoms with Gasteiger partial charge in [-0.2, -0.15) is 0 Å². The Kier molecular flexibility index (Phi) is 2.13. The maximum atomic E-state index is 5.54. The van der Waals surface area contributed by atoms with Gasteiger partial charge < -0.3 is 5.32 Å². The number of rotatable bonds is 1. The molecule has 2 nitrogen and oxygen atoms in total. The van der Waals surface area contributed by atoms with Gasteiger partial charge in [0, 0.05) is 12.2 Å². The van der Waals surface area contributed by atoms with E-state index in [-0.39, 0.29) is 0 Å². The average Bonchev–Trinajstić information content (AvgIpc) is 2.58. The number of pyridine rings is 1. The SMILES string of the molecule is [B]c1ccc(C2CCCN2)nc1. The molecule has 0 aromatic carbocycles. The van der Waals surface area contributed by atoms with E-state index >= 15 is 0 Å². The lowest BCUT2D eigenvalue weighted by Crippen LogP contribution is -2.15. The minimum atomic E-state index is 0.450. The second-order valence-corrected chi connectivity index (χ2v) is 3.17. The van der Waals surface area contributed by atoms with Crippen LogP contribution in [-0.4, -0.2) is 19.4 Å². The smallest absolute Gasteiger partial charge is 0.115 e. The normalized spacial score (nSPS) is 22.8. The van der Waals surface area contributed by atoms with E-state index in [0.29, 0.717) is 6.04 Å². The second kappa shape index (κ2) is 3.27. The van der Waals surface area contributed by atoms with Gasteiger partial charge in [-0.15, -0.1) is 0 Å². The Bertz CT molecular complexity index is 252. The highest BCUT2D eigenvalue weighted by Crippen LogP contribution is 2.19. The summed E-state index contributed by atoms with van der Waals surface area (Å²) < 4.78 is 0. The van der Waals surface area contributed by atoms with Crippen LogP contribution in [0.4, 0.5) is 0 Å². The van der Waals surface area contributed by atoms with E-state index < -0.39 is 0 Å². The zero-order valence-corrected chi connectivity index (χ0v) is 6.96. The van der Waals surface area contributed by atoms with Crippen LogP contribution in [0, 0.1) is 0 Å². The van der Waals surface area contributed by atoms with Crippen LogP contribution in [-0.2, 0) is 0 Å². The van der Waals surface area contributed by atoms with E-state index in [0.717, 1.165) is 17.7 Å². The summed E-state index contributed by atoms with van der Waals surface area (Å²) in [5.41, 5.74) is 1.85. The van der Waals surface area contributed by atoms with E-state index in [1.165, 1.54) is 12.8 Å². The first kappa shape index (κ1) is 7.81. The van der Waals surface area contributed by atoms with Crippen molar-refractivity contribution >= 4 is 13.3 Å². The fourth-order valence-electron chi connectivity index (χ4n) is 1.56. The summed E-state index contributed by atoms with van der Waals surface area (Å²) in [5.74, 6) is 0. The van der Waals surface area contributed by atoms with E-state index in [2.05, 4.69) is 10.3 Å². The van der Waals surface area contributed by atoms with Crippen LogP contribution < -0.4 is 10.8 Å². The molecule has 1 aromatic rings. The van der Waals surface area contributed by atoms with Crippen LogP contribution in [0.3, 0.4) is 0 Å². The molecule has 3 heteroatoms. The average molecular weight is 158 g/mol. The fraction of sp³-hybridized carbons (Fsp3) is 0.444. The highest BCUT2D eigenvalue weighted by atomic mass is 15.0. The largest absolute Gasteiger partial charge is 0.309 e. The molecule has 2 radical (unpaired) electrons. The summed E-state index contributed by atoms with van der Waals surface area (Å²) in [6.45, 7) is 1.11. The van der Waals surface area contributed by atoms with Crippen LogP contribution in [0.5, 0.6) is 0 Å². The molecule has 12 heavy (non-hydrogen) atoms. The molecule has 1 saturated heterocycles. The summed E-state index contributed by atoms with van der Waals surface area (Å²) in [6, 6.07) is 4.35. The van der Waals surface area contributed by atoms with Gasteiger partial charge in [0.25, 0.3) is 0 Å². The van der Waals surface area contributed by atoms with Crippen molar-refractivity contribution in [2.45, 2.75) is 18.9 Å². The van der Waals surface area contributed by atoms with Crippen molar-refractivity contribution < 1.29 is 0 Å². The summed E-state index contributed by atoms with van der Waals surface area (Å²) in [7, 11) is 5.54. The molecule has 2 rings (SSSR count). The number of hydrogen-bond acceptors (Lipinski definition) is 2. The monoisotopic (exact) mass is 158 g/mol. The van der Waals surface area contributed by atoms with Gasteiger partial charge in [0.05, 0.1) is 5.69 Å². The van der Waals surface area contributed by atoms with Crippen LogP contribution in [0.15, 0.2) is 18.3 Å². The Labute approximate surface area is 73.8 Å². The maximum absolute atomic E-state index is 5.54. The molecule has 0 spiro atoms. The lowest BCUT2D eigenvalue weighted by atomic mass is 9.98. The lowest BCUT2D eigenvalue weighted by Gasteiger charge is -2.08. The number of aromatic nitrogens is 1. The van der Waals surface area contributed by atoms with E-state index in [1.54, 1.807) is 6.20 Å². The third-order valence-corrected chi connectivity index (χ3v) is 2.23. The van der Waals surface area contributed by atoms with E-state index in [9.17, 15) is 0 Å². The summed E-state index contributed by atoms with van der Waals surface area (Å²) in [6.07, 6.45) is 4.16. The maximum Gasteiger partial charge on any atom is 0.115 e. The zero-order valence-electron chi connectivity index (χ0n) is 6.96. The van der Waals surface area contributed by atoms with E-state index in [1.807, 2.05) is 12.1 Å². The van der Waals surface area contributed by atoms with Crippen molar-refractivity contribution in [1.82, 2.24) is 10.3 Å². The topological polar surface area (TPSA) is 24.9 Å². The van der Waals surface area contributed by atoms with Gasteiger partial charge in [-0.05, 0) is 25.5 Å². The summed E-state index contributed by atoms with van der Waals surface area (Å²) >= 11 is 0. The first-order valence-corrected chi connectivity index (χ1v) is 4.31. The molecule has 0 saturated carbocycles. The number of nitrogens with zero attached hydrogens (tertiary/aromatic N) is 1. The minimum Gasteiger partial charge on any atom is -0.309 e. The quantitative estimate of drug-likeness (QED) is 0.594. The Hall–Kier alpha value is -0.825. The predicted molar refractivity (Wildman–Crippen MR) is 49.6 cm³/mol. The Balaban J connectivity index is 2.17. The van der Waals surface area contributed by atoms with Crippen molar-refractivity contribution in [2.75, 3.05) is 6.54 Å². The molecule has 1 unspecified atom stereocenters. The first-order valence-electron chi connectivity index (χ1n) is 4.31. The van der Waals surface area contributed by atoms with Gasteiger partial charge in [-0.1, -0.05) is 11.5 Å². The minimum absolute atomic E-state index is 0.450. The molecule has 0 aliphatic carbocycles. The molecule has 2 heterocycles. The van der Waals surface area contributed by atoms with Crippen LogP contribution in [0.25, 0.3) is 0 Å². The van der Waals surface area contributed by atoms with Crippen molar-refractivity contribution in [3.8, 4) is 0 Å². The molecule has 1 aliphatic rings. The summed E-state index contributed by atoms with van der Waals surface area (Å²) in [5, 5.41) is 3.39. The third kappa shape index (κ3) is 1.51. The van der Waals surface area contributed by atoms with E-state index in [4.69, 9.17) is 7.85 Å². The Morgan fingerprint density at radius 1 is 1.50 bits per heavy atom. The molecular formula is C9H11BN2. The van der Waals surface area contributed by atoms with Gasteiger partial charge in [0.1, 0.15) is 7.85 Å². The van der Waals surface area contributed by atoms with Gasteiger partial charge >= 0.3 is 0 Å². The lowest BCUT2D eigenvalue weighted by molar-refractivity contribution is 0.628. The Morgan fingerprint density at radius 2 is 2.42 bits per heavy atom. The molecule has 1 aliphatic heterocycles. The van der Waals surface area contributed by atoms with Crippen LogP contribution in [0.1, 0.15) is 24.6 Å². The van der Waals surface area contributed by atoms with Crippen molar-refractivity contribution in [3.05, 3.63) is 24.0 Å². The highest BCUT2D eigenvalue weighted by Gasteiger charge is 2.16. The Morgan fingerprint density at radius 3 is 3.00 bits per heavy atom. The first-order chi connectivity index (χ1) is 5.86. The second-order valence-electron chi connectivity index (χ2n) is 3.17. The number of nitrogens with one attached hydrogen (secondary N) is 1. The molecule has 1 N–H and O–H groups in total. The predicted octanol–water partition coefficient (Wildman–Crippen LogP) is 0.300. The van der Waals surface area contributed by atoms with Crippen LogP contribution in [0.2, 0.25) is 0 Å². The van der Waals surface area contributed by atoms with Crippen molar-refractivity contribution in [3.63, 3.8) is 0 Å². The number of hydrogen-bond donors (Lipinski definition) is 1. The molecule has 1 atom stereocenters.